The lowest BCUT2D eigenvalue weighted by atomic mass is 10.0. The first-order valence-corrected chi connectivity index (χ1v) is 6.96. The highest BCUT2D eigenvalue weighted by molar-refractivity contribution is 5.83. The van der Waals surface area contributed by atoms with Crippen molar-refractivity contribution in [3.05, 3.63) is 0 Å². The van der Waals surface area contributed by atoms with Crippen LogP contribution in [-0.2, 0) is 14.4 Å². The van der Waals surface area contributed by atoms with Crippen LogP contribution >= 0.6 is 0 Å². The van der Waals surface area contributed by atoms with E-state index in [-0.39, 0.29) is 25.2 Å². The predicted molar refractivity (Wildman–Crippen MR) is 71.3 cm³/mol. The summed E-state index contributed by atoms with van der Waals surface area (Å²) >= 11 is 0. The van der Waals surface area contributed by atoms with Gasteiger partial charge in [-0.1, -0.05) is 6.42 Å². The van der Waals surface area contributed by atoms with Crippen molar-refractivity contribution in [1.82, 2.24) is 10.6 Å². The molecule has 20 heavy (non-hydrogen) atoms. The first-order chi connectivity index (χ1) is 9.49. The third-order valence-electron chi connectivity index (χ3n) is 3.41. The minimum atomic E-state index is -1.20. The number of carboxylic acid groups (broad SMARTS) is 2. The first-order valence-electron chi connectivity index (χ1n) is 6.96. The van der Waals surface area contributed by atoms with Crippen molar-refractivity contribution in [3.8, 4) is 0 Å². The summed E-state index contributed by atoms with van der Waals surface area (Å²) in [6, 6.07) is -0.810. The zero-order valence-corrected chi connectivity index (χ0v) is 11.4. The third kappa shape index (κ3) is 6.51. The van der Waals surface area contributed by atoms with Crippen LogP contribution in [0.25, 0.3) is 0 Å². The number of nitrogens with one attached hydrogen (secondary N) is 2. The van der Waals surface area contributed by atoms with Gasteiger partial charge in [-0.15, -0.1) is 0 Å². The second-order valence-corrected chi connectivity index (χ2v) is 5.08. The Kier molecular flexibility index (Phi) is 7.00. The molecule has 0 spiro atoms. The smallest absolute Gasteiger partial charge is 0.326 e. The van der Waals surface area contributed by atoms with E-state index >= 15 is 0 Å². The van der Waals surface area contributed by atoms with Crippen molar-refractivity contribution in [2.24, 2.45) is 0 Å². The molecule has 0 aromatic carbocycles. The van der Waals surface area contributed by atoms with Gasteiger partial charge in [-0.3, -0.25) is 9.59 Å². The molecule has 0 radical (unpaired) electrons. The van der Waals surface area contributed by atoms with Crippen LogP contribution in [0, 0.1) is 0 Å². The molecule has 1 rings (SSSR count). The maximum Gasteiger partial charge on any atom is 0.326 e. The van der Waals surface area contributed by atoms with E-state index in [2.05, 4.69) is 10.6 Å². The SMILES string of the molecule is O=C(O)CC[C@H](NC(=O)CCC1CCCCN1)C(=O)O. The van der Waals surface area contributed by atoms with Gasteiger partial charge in [-0.05, 0) is 32.2 Å². The van der Waals surface area contributed by atoms with Crippen molar-refractivity contribution in [3.63, 3.8) is 0 Å². The molecular weight excluding hydrogens is 264 g/mol. The molecule has 7 heteroatoms. The van der Waals surface area contributed by atoms with E-state index in [1.165, 1.54) is 0 Å². The van der Waals surface area contributed by atoms with E-state index in [1.807, 2.05) is 0 Å². The fourth-order valence-electron chi connectivity index (χ4n) is 2.27. The van der Waals surface area contributed by atoms with Gasteiger partial charge < -0.3 is 20.8 Å². The van der Waals surface area contributed by atoms with Crippen LogP contribution in [0.15, 0.2) is 0 Å². The van der Waals surface area contributed by atoms with Crippen LogP contribution in [0.4, 0.5) is 0 Å². The molecular formula is C13H22N2O5. The summed E-state index contributed by atoms with van der Waals surface area (Å²) < 4.78 is 0. The van der Waals surface area contributed by atoms with E-state index in [0.29, 0.717) is 12.5 Å². The molecule has 1 unspecified atom stereocenters. The molecule has 1 aliphatic rings. The summed E-state index contributed by atoms with van der Waals surface area (Å²) in [6.07, 6.45) is 3.90. The van der Waals surface area contributed by atoms with Gasteiger partial charge in [-0.2, -0.15) is 0 Å². The molecule has 1 amide bonds. The second kappa shape index (κ2) is 8.52. The van der Waals surface area contributed by atoms with Gasteiger partial charge in [0.05, 0.1) is 0 Å². The van der Waals surface area contributed by atoms with E-state index in [4.69, 9.17) is 10.2 Å². The molecule has 1 fully saturated rings. The number of rotatable bonds is 8. The molecule has 1 heterocycles. The predicted octanol–water partition coefficient (Wildman–Crippen LogP) is 0.343. The van der Waals surface area contributed by atoms with Gasteiger partial charge in [0.15, 0.2) is 0 Å². The summed E-state index contributed by atoms with van der Waals surface area (Å²) in [6.45, 7) is 0.961. The maximum absolute atomic E-state index is 11.7. The van der Waals surface area contributed by atoms with Crippen molar-refractivity contribution in [1.29, 1.82) is 0 Å². The Bertz CT molecular complexity index is 353. The molecule has 7 nitrogen and oxygen atoms in total. The van der Waals surface area contributed by atoms with Crippen LogP contribution in [0.1, 0.15) is 44.9 Å². The van der Waals surface area contributed by atoms with Crippen molar-refractivity contribution in [2.75, 3.05) is 6.54 Å². The van der Waals surface area contributed by atoms with Crippen molar-refractivity contribution >= 4 is 17.8 Å². The van der Waals surface area contributed by atoms with E-state index < -0.39 is 18.0 Å². The first kappa shape index (κ1) is 16.4. The Morgan fingerprint density at radius 2 is 1.95 bits per heavy atom. The lowest BCUT2D eigenvalue weighted by molar-refractivity contribution is -0.143. The largest absolute Gasteiger partial charge is 0.481 e. The summed E-state index contributed by atoms with van der Waals surface area (Å²) in [5, 5.41) is 23.2. The molecule has 114 valence electrons. The lowest BCUT2D eigenvalue weighted by Crippen LogP contribution is -2.42. The number of hydrogen-bond donors (Lipinski definition) is 4. The summed E-state index contributed by atoms with van der Waals surface area (Å²) in [5.74, 6) is -2.61. The number of aliphatic carboxylic acids is 2. The quantitative estimate of drug-likeness (QED) is 0.511. The number of hydrogen-bond acceptors (Lipinski definition) is 4. The molecule has 0 saturated carbocycles. The Morgan fingerprint density at radius 1 is 1.20 bits per heavy atom. The highest BCUT2D eigenvalue weighted by atomic mass is 16.4. The summed E-state index contributed by atoms with van der Waals surface area (Å²) in [7, 11) is 0. The van der Waals surface area contributed by atoms with Crippen molar-refractivity contribution in [2.45, 2.75) is 57.0 Å². The Morgan fingerprint density at radius 3 is 2.50 bits per heavy atom. The van der Waals surface area contributed by atoms with E-state index in [9.17, 15) is 14.4 Å². The maximum atomic E-state index is 11.7. The molecule has 0 aliphatic carbocycles. The molecule has 4 N–H and O–H groups in total. The topological polar surface area (TPSA) is 116 Å². The minimum Gasteiger partial charge on any atom is -0.481 e. The third-order valence-corrected chi connectivity index (χ3v) is 3.41. The number of carbonyl (C=O) groups is 3. The van der Waals surface area contributed by atoms with Crippen LogP contribution in [0.5, 0.6) is 0 Å². The average molecular weight is 286 g/mol. The highest BCUT2D eigenvalue weighted by Crippen LogP contribution is 2.11. The molecule has 2 atom stereocenters. The van der Waals surface area contributed by atoms with Crippen LogP contribution < -0.4 is 10.6 Å². The number of amides is 1. The van der Waals surface area contributed by atoms with Gasteiger partial charge in [0.25, 0.3) is 0 Å². The fourth-order valence-corrected chi connectivity index (χ4v) is 2.27. The van der Waals surface area contributed by atoms with Gasteiger partial charge in [0.2, 0.25) is 5.91 Å². The zero-order chi connectivity index (χ0) is 15.0. The van der Waals surface area contributed by atoms with Gasteiger partial charge in [0, 0.05) is 18.9 Å². The van der Waals surface area contributed by atoms with E-state index in [0.717, 1.165) is 25.8 Å². The normalized spacial score (nSPS) is 20.1. The molecule has 1 aliphatic heterocycles. The van der Waals surface area contributed by atoms with Crippen LogP contribution in [0.3, 0.4) is 0 Å². The molecule has 0 aromatic heterocycles. The molecule has 1 saturated heterocycles. The van der Waals surface area contributed by atoms with Crippen molar-refractivity contribution < 1.29 is 24.6 Å². The van der Waals surface area contributed by atoms with Gasteiger partial charge in [-0.25, -0.2) is 4.79 Å². The number of carbonyl (C=O) groups excluding carboxylic acids is 1. The van der Waals surface area contributed by atoms with Crippen LogP contribution in [-0.4, -0.2) is 46.7 Å². The Hall–Kier alpha value is -1.63. The summed E-state index contributed by atoms with van der Waals surface area (Å²) in [5.41, 5.74) is 0. The second-order valence-electron chi connectivity index (χ2n) is 5.08. The minimum absolute atomic E-state index is 0.0991. The van der Waals surface area contributed by atoms with Gasteiger partial charge >= 0.3 is 11.9 Å². The standard InChI is InChI=1S/C13H22N2O5/c16-11(6-4-9-3-1-2-8-14-9)15-10(13(19)20)5-7-12(17)18/h9-10,14H,1-8H2,(H,15,16)(H,17,18)(H,19,20)/t9?,10-/m0/s1. The molecule has 0 bridgehead atoms. The number of carboxylic acids is 2. The van der Waals surface area contributed by atoms with Crippen LogP contribution in [0.2, 0.25) is 0 Å². The monoisotopic (exact) mass is 286 g/mol. The fraction of sp³-hybridized carbons (Fsp3) is 0.769. The van der Waals surface area contributed by atoms with Gasteiger partial charge in [0.1, 0.15) is 6.04 Å². The molecule has 0 aromatic rings. The summed E-state index contributed by atoms with van der Waals surface area (Å²) in [4.78, 5) is 33.1. The zero-order valence-electron chi connectivity index (χ0n) is 11.4. The highest BCUT2D eigenvalue weighted by Gasteiger charge is 2.21. The Balaban J connectivity index is 2.29. The lowest BCUT2D eigenvalue weighted by Gasteiger charge is -2.23. The van der Waals surface area contributed by atoms with E-state index in [1.54, 1.807) is 0 Å². The Labute approximate surface area is 117 Å². The average Bonchev–Trinajstić information content (AvgIpc) is 2.41. The number of piperidine rings is 1.